The van der Waals surface area contributed by atoms with Crippen molar-refractivity contribution in [2.24, 2.45) is 7.05 Å². The smallest absolute Gasteiger partial charge is 0.262 e. The zero-order chi connectivity index (χ0) is 19.6. The van der Waals surface area contributed by atoms with Gasteiger partial charge in [0.15, 0.2) is 5.03 Å². The van der Waals surface area contributed by atoms with Crippen LogP contribution in [-0.2, 0) is 17.1 Å². The molecule has 146 valence electrons. The van der Waals surface area contributed by atoms with E-state index in [1.807, 2.05) is 37.2 Å². The Kier molecular flexibility index (Phi) is 5.52. The van der Waals surface area contributed by atoms with Crippen molar-refractivity contribution in [3.8, 4) is 0 Å². The van der Waals surface area contributed by atoms with Crippen LogP contribution in [0.2, 0.25) is 0 Å². The zero-order valence-corrected chi connectivity index (χ0v) is 16.7. The lowest BCUT2D eigenvalue weighted by Crippen LogP contribution is -2.37. The van der Waals surface area contributed by atoms with Crippen LogP contribution in [0.1, 0.15) is 16.8 Å². The monoisotopic (exact) mass is 391 g/mol. The molecule has 0 atom stereocenters. The summed E-state index contributed by atoms with van der Waals surface area (Å²) in [5.74, 6) is -0.0733. The molecule has 1 aromatic carbocycles. The number of rotatable bonds is 4. The first-order valence-electron chi connectivity index (χ1n) is 8.84. The number of carbonyl (C=O) groups is 1. The summed E-state index contributed by atoms with van der Waals surface area (Å²) in [7, 11) is 1.95. The normalized spacial score (nSPS) is 16.2. The fourth-order valence-corrected chi connectivity index (χ4v) is 4.53. The van der Waals surface area contributed by atoms with E-state index in [1.54, 1.807) is 22.6 Å². The minimum atomic E-state index is -3.64. The van der Waals surface area contributed by atoms with Crippen molar-refractivity contribution in [1.82, 2.24) is 18.8 Å². The molecule has 27 heavy (non-hydrogen) atoms. The second-order valence-electron chi connectivity index (χ2n) is 6.87. The third-order valence-electron chi connectivity index (χ3n) is 4.64. The van der Waals surface area contributed by atoms with Crippen molar-refractivity contribution in [2.75, 3.05) is 45.2 Å². The maximum Gasteiger partial charge on any atom is 0.262 e. The van der Waals surface area contributed by atoms with Gasteiger partial charge in [0.25, 0.3) is 15.9 Å². The molecule has 0 saturated carbocycles. The minimum absolute atomic E-state index is 0.0449. The van der Waals surface area contributed by atoms with Crippen LogP contribution in [0.5, 0.6) is 0 Å². The molecule has 1 amide bonds. The Morgan fingerprint density at radius 1 is 1.15 bits per heavy atom. The van der Waals surface area contributed by atoms with Crippen molar-refractivity contribution >= 4 is 21.6 Å². The van der Waals surface area contributed by atoms with Crippen LogP contribution in [0.4, 0.5) is 5.69 Å². The number of aryl methyl sites for hydroxylation is 1. The predicted octanol–water partition coefficient (Wildman–Crippen LogP) is 1.02. The van der Waals surface area contributed by atoms with E-state index in [4.69, 9.17) is 0 Å². The van der Waals surface area contributed by atoms with Gasteiger partial charge < -0.3 is 14.4 Å². The lowest BCUT2D eigenvalue weighted by atomic mass is 10.1. The van der Waals surface area contributed by atoms with Crippen LogP contribution < -0.4 is 4.90 Å². The highest BCUT2D eigenvalue weighted by Crippen LogP contribution is 2.19. The van der Waals surface area contributed by atoms with E-state index >= 15 is 0 Å². The molecule has 2 heterocycles. The topological polar surface area (TPSA) is 78.8 Å². The van der Waals surface area contributed by atoms with Crippen molar-refractivity contribution < 1.29 is 13.2 Å². The van der Waals surface area contributed by atoms with Gasteiger partial charge in [-0.3, -0.25) is 4.79 Å². The highest BCUT2D eigenvalue weighted by molar-refractivity contribution is 7.89. The summed E-state index contributed by atoms with van der Waals surface area (Å²) in [5, 5.41) is 0.0449. The van der Waals surface area contributed by atoms with Gasteiger partial charge in [0.05, 0.1) is 6.33 Å². The molecule has 1 saturated heterocycles. The van der Waals surface area contributed by atoms with Crippen LogP contribution in [-0.4, -0.2) is 73.4 Å². The van der Waals surface area contributed by atoms with Crippen molar-refractivity contribution in [3.05, 3.63) is 42.4 Å². The lowest BCUT2D eigenvalue weighted by Gasteiger charge is -2.22. The Balaban J connectivity index is 1.73. The minimum Gasteiger partial charge on any atom is -0.378 e. The Morgan fingerprint density at radius 2 is 1.93 bits per heavy atom. The number of amides is 1. The molecule has 1 aromatic heterocycles. The molecule has 0 N–H and O–H groups in total. The zero-order valence-electron chi connectivity index (χ0n) is 15.9. The molecule has 1 aliphatic heterocycles. The summed E-state index contributed by atoms with van der Waals surface area (Å²) >= 11 is 0. The Labute approximate surface area is 160 Å². The summed E-state index contributed by atoms with van der Waals surface area (Å²) in [6.07, 6.45) is 3.55. The van der Waals surface area contributed by atoms with Gasteiger partial charge in [0.1, 0.15) is 0 Å². The summed E-state index contributed by atoms with van der Waals surface area (Å²) in [6.45, 7) is 1.52. The van der Waals surface area contributed by atoms with E-state index in [0.29, 0.717) is 31.6 Å². The van der Waals surface area contributed by atoms with Crippen LogP contribution in [0, 0.1) is 0 Å². The van der Waals surface area contributed by atoms with E-state index < -0.39 is 10.0 Å². The number of nitrogens with zero attached hydrogens (tertiary/aromatic N) is 5. The van der Waals surface area contributed by atoms with Gasteiger partial charge in [-0.05, 0) is 24.6 Å². The van der Waals surface area contributed by atoms with Crippen LogP contribution in [0.15, 0.2) is 41.8 Å². The van der Waals surface area contributed by atoms with E-state index in [9.17, 15) is 13.2 Å². The number of hydrogen-bond donors (Lipinski definition) is 0. The molecular weight excluding hydrogens is 366 g/mol. The fourth-order valence-electron chi connectivity index (χ4n) is 3.09. The second kappa shape index (κ2) is 7.69. The molecule has 1 fully saturated rings. The van der Waals surface area contributed by atoms with Crippen LogP contribution in [0.3, 0.4) is 0 Å². The van der Waals surface area contributed by atoms with E-state index in [0.717, 1.165) is 5.69 Å². The average Bonchev–Trinajstić information content (AvgIpc) is 2.94. The standard InChI is InChI=1S/C18H25N5O3S/c1-20(2)16-7-4-6-15(12-16)18(24)22-8-5-9-23(11-10-22)27(25,26)17-13-21(3)14-19-17/h4,6-7,12-14H,5,8-11H2,1-3H3. The Bertz CT molecular complexity index is 923. The van der Waals surface area contributed by atoms with Gasteiger partial charge in [-0.2, -0.15) is 4.31 Å². The molecule has 9 heteroatoms. The maximum atomic E-state index is 12.9. The number of aromatic nitrogens is 2. The molecule has 0 bridgehead atoms. The second-order valence-corrected chi connectivity index (χ2v) is 8.76. The van der Waals surface area contributed by atoms with Crippen molar-refractivity contribution in [1.29, 1.82) is 0 Å². The molecule has 8 nitrogen and oxygen atoms in total. The molecule has 0 spiro atoms. The van der Waals surface area contributed by atoms with Crippen LogP contribution in [0.25, 0.3) is 0 Å². The van der Waals surface area contributed by atoms with Crippen molar-refractivity contribution in [3.63, 3.8) is 0 Å². The number of sulfonamides is 1. The SMILES string of the molecule is CN(C)c1cccc(C(=O)N2CCCN(S(=O)(=O)c3cn(C)cn3)CC2)c1. The van der Waals surface area contributed by atoms with Gasteiger partial charge >= 0.3 is 0 Å². The van der Waals surface area contributed by atoms with E-state index in [-0.39, 0.29) is 17.5 Å². The van der Waals surface area contributed by atoms with Gasteiger partial charge in [0, 0.05) is 64.8 Å². The fraction of sp³-hybridized carbons (Fsp3) is 0.444. The third-order valence-corrected chi connectivity index (χ3v) is 6.42. The molecule has 1 aliphatic rings. The van der Waals surface area contributed by atoms with Crippen molar-refractivity contribution in [2.45, 2.75) is 11.4 Å². The third kappa shape index (κ3) is 4.14. The average molecular weight is 391 g/mol. The summed E-state index contributed by atoms with van der Waals surface area (Å²) in [5.41, 5.74) is 1.57. The first-order chi connectivity index (χ1) is 12.8. The molecule has 3 rings (SSSR count). The highest BCUT2D eigenvalue weighted by atomic mass is 32.2. The number of benzene rings is 1. The van der Waals surface area contributed by atoms with Gasteiger partial charge in [-0.1, -0.05) is 6.07 Å². The molecule has 0 radical (unpaired) electrons. The Morgan fingerprint density at radius 3 is 2.59 bits per heavy atom. The first-order valence-corrected chi connectivity index (χ1v) is 10.3. The summed E-state index contributed by atoms with van der Waals surface area (Å²) in [6, 6.07) is 7.46. The van der Waals surface area contributed by atoms with Crippen LogP contribution >= 0.6 is 0 Å². The molecule has 2 aromatic rings. The number of anilines is 1. The van der Waals surface area contributed by atoms with E-state index in [2.05, 4.69) is 4.98 Å². The summed E-state index contributed by atoms with van der Waals surface area (Å²) in [4.78, 5) is 20.5. The molecule has 0 aliphatic carbocycles. The Hall–Kier alpha value is -2.39. The first kappa shape index (κ1) is 19.4. The lowest BCUT2D eigenvalue weighted by molar-refractivity contribution is 0.0764. The number of hydrogen-bond acceptors (Lipinski definition) is 5. The largest absolute Gasteiger partial charge is 0.378 e. The molecular formula is C18H25N5O3S. The summed E-state index contributed by atoms with van der Waals surface area (Å²) < 4.78 is 28.5. The number of imidazole rings is 1. The quantitative estimate of drug-likeness (QED) is 0.778. The van der Waals surface area contributed by atoms with Gasteiger partial charge in [-0.15, -0.1) is 0 Å². The maximum absolute atomic E-state index is 12.9. The molecule has 0 unspecified atom stereocenters. The predicted molar refractivity (Wildman–Crippen MR) is 103 cm³/mol. The van der Waals surface area contributed by atoms with E-state index in [1.165, 1.54) is 16.8 Å². The van der Waals surface area contributed by atoms with Gasteiger partial charge in [0.2, 0.25) is 0 Å². The highest BCUT2D eigenvalue weighted by Gasteiger charge is 2.30. The van der Waals surface area contributed by atoms with Gasteiger partial charge in [-0.25, -0.2) is 13.4 Å². The number of carbonyl (C=O) groups excluding carboxylic acids is 1.